The number of benzene rings is 2. The van der Waals surface area contributed by atoms with Gasteiger partial charge < -0.3 is 10.4 Å². The quantitative estimate of drug-likeness (QED) is 0.690. The average Bonchev–Trinajstić information content (AvgIpc) is 2.59. The van der Waals surface area contributed by atoms with Gasteiger partial charge in [-0.3, -0.25) is 9.59 Å². The number of halogens is 2. The smallest absolute Gasteiger partial charge is 0.280 e. The van der Waals surface area contributed by atoms with Crippen LogP contribution in [0.5, 0.6) is 5.75 Å². The molecule has 0 aliphatic rings. The molecule has 2 N–H and O–H groups in total. The molecule has 1 aromatic heterocycles. The Morgan fingerprint density at radius 3 is 2.69 bits per heavy atom. The SMILES string of the molecule is Cc1cc(=O)c(C(=O)Nc2cc(Cl)ccc2O)nn1-c1ccccc1F. The van der Waals surface area contributed by atoms with Crippen molar-refractivity contribution in [2.75, 3.05) is 5.32 Å². The number of rotatable bonds is 3. The number of anilines is 1. The predicted octanol–water partition coefficient (Wildman–Crippen LogP) is 3.29. The number of carbonyl (C=O) groups is 1. The molecule has 0 spiro atoms. The van der Waals surface area contributed by atoms with Crippen molar-refractivity contribution in [2.45, 2.75) is 6.92 Å². The summed E-state index contributed by atoms with van der Waals surface area (Å²) < 4.78 is 15.2. The van der Waals surface area contributed by atoms with Crippen molar-refractivity contribution >= 4 is 23.2 Å². The first-order valence-corrected chi connectivity index (χ1v) is 7.90. The van der Waals surface area contributed by atoms with Crippen molar-refractivity contribution in [3.8, 4) is 11.4 Å². The van der Waals surface area contributed by atoms with Gasteiger partial charge in [0.2, 0.25) is 5.43 Å². The second-order valence-corrected chi connectivity index (χ2v) is 5.91. The van der Waals surface area contributed by atoms with Crippen LogP contribution in [0.3, 0.4) is 0 Å². The maximum absolute atomic E-state index is 14.0. The highest BCUT2D eigenvalue weighted by Gasteiger charge is 2.18. The molecule has 0 bridgehead atoms. The van der Waals surface area contributed by atoms with E-state index in [4.69, 9.17) is 11.6 Å². The van der Waals surface area contributed by atoms with Gasteiger partial charge >= 0.3 is 0 Å². The average molecular weight is 374 g/mol. The Labute approximate surface area is 152 Å². The van der Waals surface area contributed by atoms with Crippen molar-refractivity contribution in [3.05, 3.63) is 81.0 Å². The number of aromatic nitrogens is 2. The first-order chi connectivity index (χ1) is 12.4. The van der Waals surface area contributed by atoms with Crippen LogP contribution in [0.25, 0.3) is 5.69 Å². The fourth-order valence-electron chi connectivity index (χ4n) is 2.36. The van der Waals surface area contributed by atoms with E-state index in [-0.39, 0.29) is 17.1 Å². The molecule has 1 amide bonds. The van der Waals surface area contributed by atoms with Gasteiger partial charge in [-0.05, 0) is 37.3 Å². The van der Waals surface area contributed by atoms with Crippen molar-refractivity contribution in [1.29, 1.82) is 0 Å². The van der Waals surface area contributed by atoms with Gasteiger partial charge in [0.15, 0.2) is 5.69 Å². The zero-order valence-corrected chi connectivity index (χ0v) is 14.3. The fraction of sp³-hybridized carbons (Fsp3) is 0.0556. The number of phenols is 1. The molecule has 0 fully saturated rings. The van der Waals surface area contributed by atoms with Crippen LogP contribution < -0.4 is 10.7 Å². The second-order valence-electron chi connectivity index (χ2n) is 5.48. The minimum Gasteiger partial charge on any atom is -0.506 e. The number of aromatic hydroxyl groups is 1. The van der Waals surface area contributed by atoms with Crippen molar-refractivity contribution < 1.29 is 14.3 Å². The summed E-state index contributed by atoms with van der Waals surface area (Å²) in [5.41, 5.74) is -0.582. The van der Waals surface area contributed by atoms with Gasteiger partial charge in [0, 0.05) is 16.8 Å². The highest BCUT2D eigenvalue weighted by Crippen LogP contribution is 2.26. The molecule has 0 unspecified atom stereocenters. The molecule has 1 heterocycles. The van der Waals surface area contributed by atoms with E-state index in [1.165, 1.54) is 47.1 Å². The molecule has 132 valence electrons. The number of phenolic OH excluding ortho intramolecular Hbond substituents is 1. The van der Waals surface area contributed by atoms with Gasteiger partial charge in [0.05, 0.1) is 5.69 Å². The number of carbonyl (C=O) groups excluding carboxylic acids is 1. The van der Waals surface area contributed by atoms with Gasteiger partial charge in [-0.15, -0.1) is 0 Å². The molecule has 3 aromatic rings. The molecule has 2 aromatic carbocycles. The standard InChI is InChI=1S/C18H13ClFN3O3/c1-10-8-16(25)17(22-23(10)14-5-3-2-4-12(14)20)18(26)21-13-9-11(19)6-7-15(13)24/h2-9,24H,1H3,(H,21,26). The van der Waals surface area contributed by atoms with E-state index in [0.29, 0.717) is 10.7 Å². The fourth-order valence-corrected chi connectivity index (χ4v) is 2.53. The Morgan fingerprint density at radius 1 is 1.23 bits per heavy atom. The molecular weight excluding hydrogens is 361 g/mol. The van der Waals surface area contributed by atoms with Crippen molar-refractivity contribution in [3.63, 3.8) is 0 Å². The van der Waals surface area contributed by atoms with Gasteiger partial charge in [0.1, 0.15) is 17.3 Å². The van der Waals surface area contributed by atoms with E-state index in [9.17, 15) is 19.1 Å². The molecule has 26 heavy (non-hydrogen) atoms. The summed E-state index contributed by atoms with van der Waals surface area (Å²) in [6.45, 7) is 1.57. The summed E-state index contributed by atoms with van der Waals surface area (Å²) in [6, 6.07) is 11.1. The Hall–Kier alpha value is -3.19. The van der Waals surface area contributed by atoms with E-state index in [1.807, 2.05) is 0 Å². The zero-order chi connectivity index (χ0) is 18.8. The molecule has 0 aliphatic heterocycles. The minimum atomic E-state index is -0.849. The number of para-hydroxylation sites is 1. The van der Waals surface area contributed by atoms with Gasteiger partial charge in [-0.2, -0.15) is 5.10 Å². The number of aryl methyl sites for hydroxylation is 1. The zero-order valence-electron chi connectivity index (χ0n) is 13.5. The third kappa shape index (κ3) is 3.43. The van der Waals surface area contributed by atoms with E-state index in [1.54, 1.807) is 13.0 Å². The predicted molar refractivity (Wildman–Crippen MR) is 95.6 cm³/mol. The van der Waals surface area contributed by atoms with Gasteiger partial charge in [-0.25, -0.2) is 9.07 Å². The first kappa shape index (κ1) is 17.6. The van der Waals surface area contributed by atoms with Gasteiger partial charge in [0.25, 0.3) is 5.91 Å². The van der Waals surface area contributed by atoms with Gasteiger partial charge in [-0.1, -0.05) is 23.7 Å². The summed E-state index contributed by atoms with van der Waals surface area (Å²) >= 11 is 5.84. The van der Waals surface area contributed by atoms with Crippen LogP contribution in [0.2, 0.25) is 5.02 Å². The minimum absolute atomic E-state index is 0.0294. The van der Waals surface area contributed by atoms with Crippen LogP contribution >= 0.6 is 11.6 Å². The summed E-state index contributed by atoms with van der Waals surface area (Å²) in [6.07, 6.45) is 0. The molecule has 6 nitrogen and oxygen atoms in total. The topological polar surface area (TPSA) is 84.2 Å². The third-order valence-electron chi connectivity index (χ3n) is 3.61. The monoisotopic (exact) mass is 373 g/mol. The number of nitrogens with zero attached hydrogens (tertiary/aromatic N) is 2. The Morgan fingerprint density at radius 2 is 1.96 bits per heavy atom. The van der Waals surface area contributed by atoms with E-state index in [2.05, 4.69) is 10.4 Å². The molecule has 3 rings (SSSR count). The Kier molecular flexibility index (Phi) is 4.73. The number of hydrogen-bond donors (Lipinski definition) is 2. The summed E-state index contributed by atoms with van der Waals surface area (Å²) in [4.78, 5) is 24.6. The van der Waals surface area contributed by atoms with E-state index < -0.39 is 22.8 Å². The molecule has 0 atom stereocenters. The third-order valence-corrected chi connectivity index (χ3v) is 3.85. The van der Waals surface area contributed by atoms with E-state index in [0.717, 1.165) is 0 Å². The lowest BCUT2D eigenvalue weighted by atomic mass is 10.2. The van der Waals surface area contributed by atoms with Crippen LogP contribution in [0, 0.1) is 12.7 Å². The normalized spacial score (nSPS) is 10.6. The highest BCUT2D eigenvalue weighted by molar-refractivity contribution is 6.31. The largest absolute Gasteiger partial charge is 0.506 e. The molecular formula is C18H13ClFN3O3. The van der Waals surface area contributed by atoms with Crippen molar-refractivity contribution in [1.82, 2.24) is 9.78 Å². The molecule has 0 saturated heterocycles. The lowest BCUT2D eigenvalue weighted by molar-refractivity contribution is 0.101. The van der Waals surface area contributed by atoms with E-state index >= 15 is 0 Å². The maximum atomic E-state index is 14.0. The van der Waals surface area contributed by atoms with Crippen LogP contribution in [-0.4, -0.2) is 20.8 Å². The first-order valence-electron chi connectivity index (χ1n) is 7.52. The molecule has 0 saturated carbocycles. The van der Waals surface area contributed by atoms with Crippen LogP contribution in [0.4, 0.5) is 10.1 Å². The molecule has 0 aliphatic carbocycles. The second kappa shape index (κ2) is 6.97. The number of amides is 1. The molecule has 0 radical (unpaired) electrons. The number of nitrogens with one attached hydrogen (secondary N) is 1. The Bertz CT molecular complexity index is 1070. The lowest BCUT2D eigenvalue weighted by Crippen LogP contribution is -2.27. The van der Waals surface area contributed by atoms with Crippen molar-refractivity contribution in [2.24, 2.45) is 0 Å². The molecule has 8 heteroatoms. The number of hydrogen-bond acceptors (Lipinski definition) is 4. The Balaban J connectivity index is 2.04. The lowest BCUT2D eigenvalue weighted by Gasteiger charge is -2.12. The highest BCUT2D eigenvalue weighted by atomic mass is 35.5. The van der Waals surface area contributed by atoms with Crippen LogP contribution in [0.15, 0.2) is 53.3 Å². The summed E-state index contributed by atoms with van der Waals surface area (Å²) in [7, 11) is 0. The maximum Gasteiger partial charge on any atom is 0.280 e. The summed E-state index contributed by atoms with van der Waals surface area (Å²) in [5.74, 6) is -1.62. The summed E-state index contributed by atoms with van der Waals surface area (Å²) in [5, 5.41) is 16.4. The van der Waals surface area contributed by atoms with Crippen LogP contribution in [-0.2, 0) is 0 Å². The van der Waals surface area contributed by atoms with Crippen LogP contribution in [0.1, 0.15) is 16.2 Å².